The van der Waals surface area contributed by atoms with Crippen molar-refractivity contribution in [2.24, 2.45) is 5.92 Å². The maximum Gasteiger partial charge on any atom is 0.416 e. The summed E-state index contributed by atoms with van der Waals surface area (Å²) in [4.78, 5) is 11.3. The molecule has 0 saturated carbocycles. The Hall–Kier alpha value is -1.47. The van der Waals surface area contributed by atoms with Crippen LogP contribution in [0.15, 0.2) is 18.2 Å². The van der Waals surface area contributed by atoms with Gasteiger partial charge in [0.05, 0.1) is 16.8 Å². The number of hydrogen-bond donors (Lipinski definition) is 0. The van der Waals surface area contributed by atoms with Crippen molar-refractivity contribution >= 4 is 13.0 Å². The summed E-state index contributed by atoms with van der Waals surface area (Å²) in [5.41, 5.74) is -3.29. The van der Waals surface area contributed by atoms with Crippen molar-refractivity contribution in [3.8, 4) is 0 Å². The van der Waals surface area contributed by atoms with Crippen molar-refractivity contribution in [2.75, 3.05) is 0 Å². The van der Waals surface area contributed by atoms with Gasteiger partial charge in [0.15, 0.2) is 0 Å². The predicted molar refractivity (Wildman–Crippen MR) is 75.1 cm³/mol. The molecule has 127 valence electrons. The maximum atomic E-state index is 12.9. The molecule has 1 nitrogen and oxygen atoms in total. The fourth-order valence-electron chi connectivity index (χ4n) is 2.27. The first-order valence-electron chi connectivity index (χ1n) is 7.01. The first-order chi connectivity index (χ1) is 10.4. The van der Waals surface area contributed by atoms with Gasteiger partial charge in [-0.1, -0.05) is 25.8 Å². The molecule has 0 aliphatic rings. The third-order valence-corrected chi connectivity index (χ3v) is 3.67. The highest BCUT2D eigenvalue weighted by Gasteiger charge is 2.38. The van der Waals surface area contributed by atoms with E-state index in [1.165, 1.54) is 14.2 Å². The summed E-state index contributed by atoms with van der Waals surface area (Å²) in [6.45, 7) is 4.65. The second-order valence-corrected chi connectivity index (χ2v) is 5.53. The van der Waals surface area contributed by atoms with Gasteiger partial charge in [0, 0.05) is 0 Å². The lowest BCUT2D eigenvalue weighted by molar-refractivity contribution is -0.143. The second-order valence-electron chi connectivity index (χ2n) is 5.53. The Balaban J connectivity index is 3.50. The van der Waals surface area contributed by atoms with Crippen LogP contribution in [0.1, 0.15) is 49.7 Å². The Labute approximate surface area is 131 Å². The summed E-state index contributed by atoms with van der Waals surface area (Å²) in [7, 11) is 1.17. The number of carbonyl (C=O) groups excluding carboxylic acids is 1. The van der Waals surface area contributed by atoms with Gasteiger partial charge in [0.25, 0.3) is 0 Å². The summed E-state index contributed by atoms with van der Waals surface area (Å²) >= 11 is 0. The van der Waals surface area contributed by atoms with Gasteiger partial charge in [-0.25, -0.2) is 0 Å². The number of carbonyl (C=O) groups is 1. The zero-order chi connectivity index (χ0) is 18.0. The minimum Gasteiger partial charge on any atom is -0.312 e. The van der Waals surface area contributed by atoms with E-state index in [0.29, 0.717) is 18.6 Å². The predicted octanol–water partition coefficient (Wildman–Crippen LogP) is 5.06. The molecule has 1 unspecified atom stereocenters. The fraction of sp³-hybridized carbons (Fsp3) is 0.533. The van der Waals surface area contributed by atoms with E-state index >= 15 is 0 Å². The molecule has 0 aromatic heterocycles. The summed E-state index contributed by atoms with van der Waals surface area (Å²) < 4.78 is 77.4. The standard InChI is InChI=1S/C15H16BF6O/c1-4-8(2)13(16-9(3)23)10-5-11(14(17,18)19)7-12(6-10)15(20,21)22/h5-8,13H,4H2,1-3H3/t8-,13?/m1/s1. The van der Waals surface area contributed by atoms with Crippen molar-refractivity contribution in [1.82, 2.24) is 0 Å². The molecule has 0 amide bonds. The van der Waals surface area contributed by atoms with Crippen LogP contribution in [0.4, 0.5) is 26.3 Å². The Morgan fingerprint density at radius 1 is 1.04 bits per heavy atom. The van der Waals surface area contributed by atoms with E-state index < -0.39 is 35.0 Å². The van der Waals surface area contributed by atoms with Crippen molar-refractivity contribution in [1.29, 1.82) is 0 Å². The largest absolute Gasteiger partial charge is 0.416 e. The van der Waals surface area contributed by atoms with Crippen LogP contribution < -0.4 is 0 Å². The van der Waals surface area contributed by atoms with Gasteiger partial charge in [0.2, 0.25) is 7.28 Å². The van der Waals surface area contributed by atoms with Crippen molar-refractivity contribution < 1.29 is 31.1 Å². The van der Waals surface area contributed by atoms with Crippen LogP contribution in [0.2, 0.25) is 0 Å². The molecule has 0 N–H and O–H groups in total. The molecule has 0 spiro atoms. The zero-order valence-corrected chi connectivity index (χ0v) is 12.8. The highest BCUT2D eigenvalue weighted by atomic mass is 19.4. The van der Waals surface area contributed by atoms with Gasteiger partial charge in [-0.05, 0) is 36.9 Å². The minimum atomic E-state index is -4.90. The molecular formula is C15H16BF6O. The molecule has 1 aromatic carbocycles. The van der Waals surface area contributed by atoms with Crippen molar-refractivity contribution in [3.63, 3.8) is 0 Å². The van der Waals surface area contributed by atoms with E-state index in [0.717, 1.165) is 0 Å². The molecule has 0 bridgehead atoms. The van der Waals surface area contributed by atoms with E-state index in [4.69, 9.17) is 0 Å². The van der Waals surface area contributed by atoms with Crippen LogP contribution in [-0.4, -0.2) is 13.0 Å². The third-order valence-electron chi connectivity index (χ3n) is 3.67. The van der Waals surface area contributed by atoms with Gasteiger partial charge in [0.1, 0.15) is 0 Å². The van der Waals surface area contributed by atoms with Crippen LogP contribution in [0.5, 0.6) is 0 Å². The number of benzene rings is 1. The summed E-state index contributed by atoms with van der Waals surface area (Å²) in [5, 5.41) is 0. The number of rotatable bonds is 5. The van der Waals surface area contributed by atoms with E-state index in [1.54, 1.807) is 13.8 Å². The van der Waals surface area contributed by atoms with Crippen molar-refractivity contribution in [3.05, 3.63) is 34.9 Å². The smallest absolute Gasteiger partial charge is 0.312 e. The summed E-state index contributed by atoms with van der Waals surface area (Å²) in [6.07, 6.45) is -9.29. The highest BCUT2D eigenvalue weighted by molar-refractivity contribution is 6.74. The first kappa shape index (κ1) is 19.6. The highest BCUT2D eigenvalue weighted by Crippen LogP contribution is 2.39. The summed E-state index contributed by atoms with van der Waals surface area (Å²) in [5.74, 6) is -1.08. The number of hydrogen-bond acceptors (Lipinski definition) is 1. The average Bonchev–Trinajstić information content (AvgIpc) is 2.41. The third kappa shape index (κ3) is 5.29. The molecule has 0 aliphatic carbocycles. The number of alkyl halides is 6. The Morgan fingerprint density at radius 2 is 1.48 bits per heavy atom. The fourth-order valence-corrected chi connectivity index (χ4v) is 2.27. The Morgan fingerprint density at radius 3 is 1.78 bits per heavy atom. The van der Waals surface area contributed by atoms with E-state index in [1.807, 2.05) is 0 Å². The molecule has 0 heterocycles. The average molecular weight is 337 g/mol. The molecular weight excluding hydrogens is 321 g/mol. The molecule has 8 heteroatoms. The van der Waals surface area contributed by atoms with E-state index in [2.05, 4.69) is 0 Å². The summed E-state index contributed by atoms with van der Waals surface area (Å²) in [6, 6.07) is 1.46. The normalized spacial score (nSPS) is 15.2. The molecule has 0 aliphatic heterocycles. The molecule has 1 aromatic rings. The van der Waals surface area contributed by atoms with Gasteiger partial charge < -0.3 is 4.79 Å². The number of halogens is 6. The Kier molecular flexibility index (Phi) is 5.93. The van der Waals surface area contributed by atoms with Gasteiger partial charge in [-0.3, -0.25) is 0 Å². The van der Waals surface area contributed by atoms with Gasteiger partial charge in [-0.2, -0.15) is 26.3 Å². The molecule has 0 saturated heterocycles. The lowest BCUT2D eigenvalue weighted by Gasteiger charge is -2.24. The van der Waals surface area contributed by atoms with Crippen LogP contribution in [0.3, 0.4) is 0 Å². The van der Waals surface area contributed by atoms with Crippen molar-refractivity contribution in [2.45, 2.75) is 45.4 Å². The van der Waals surface area contributed by atoms with E-state index in [9.17, 15) is 31.1 Å². The lowest BCUT2D eigenvalue weighted by atomic mass is 9.54. The minimum absolute atomic E-state index is 0.0882. The molecule has 1 radical (unpaired) electrons. The van der Waals surface area contributed by atoms with E-state index in [-0.39, 0.29) is 17.5 Å². The van der Waals surface area contributed by atoms with Crippen LogP contribution in [0, 0.1) is 5.92 Å². The van der Waals surface area contributed by atoms with Crippen LogP contribution >= 0.6 is 0 Å². The maximum absolute atomic E-state index is 12.9. The molecule has 23 heavy (non-hydrogen) atoms. The van der Waals surface area contributed by atoms with Gasteiger partial charge in [-0.15, -0.1) is 0 Å². The SMILES string of the molecule is CC[C@@H](C)C([B]C(C)=O)c1cc(C(F)(F)F)cc(C(F)(F)F)c1. The Bertz CT molecular complexity index is 532. The molecule has 1 rings (SSSR count). The molecule has 0 fully saturated rings. The lowest BCUT2D eigenvalue weighted by Crippen LogP contribution is -2.23. The monoisotopic (exact) mass is 337 g/mol. The van der Waals surface area contributed by atoms with Gasteiger partial charge >= 0.3 is 12.4 Å². The quantitative estimate of drug-likeness (QED) is 0.542. The molecule has 2 atom stereocenters. The zero-order valence-electron chi connectivity index (χ0n) is 12.8. The second kappa shape index (κ2) is 6.97. The van der Waals surface area contributed by atoms with Crippen LogP contribution in [-0.2, 0) is 17.1 Å². The topological polar surface area (TPSA) is 17.1 Å². The van der Waals surface area contributed by atoms with Crippen LogP contribution in [0.25, 0.3) is 0 Å². The first-order valence-corrected chi connectivity index (χ1v) is 7.01.